The number of hydrogen-bond donors (Lipinski definition) is 2. The second-order valence-electron chi connectivity index (χ2n) is 3.11. The number of nitrogen functional groups attached to an aromatic ring is 1. The Hall–Kier alpha value is -2.17. The minimum atomic E-state index is 0.449. The van der Waals surface area contributed by atoms with Crippen molar-refractivity contribution in [2.24, 2.45) is 4.99 Å². The topological polar surface area (TPSA) is 76.7 Å². The molecule has 0 aliphatic rings. The molecule has 2 aromatic heterocycles. The average molecular weight is 205 g/mol. The third kappa shape index (κ3) is 2.19. The number of nitrogens with zero attached hydrogens (tertiary/aromatic N) is 2. The predicted octanol–water partition coefficient (Wildman–Crippen LogP) is 1.00. The number of aromatic nitrogens is 1. The molecule has 0 aliphatic heterocycles. The minimum absolute atomic E-state index is 0.449. The molecule has 0 unspecified atom stereocenters. The summed E-state index contributed by atoms with van der Waals surface area (Å²) in [6.07, 6.45) is 4.59. The van der Waals surface area contributed by atoms with Crippen LogP contribution >= 0.6 is 0 Å². The smallest absolute Gasteiger partial charge is 0.163 e. The molecule has 0 spiro atoms. The number of anilines is 1. The molecule has 0 bridgehead atoms. The summed E-state index contributed by atoms with van der Waals surface area (Å²) in [6.45, 7) is 0.459. The highest BCUT2D eigenvalue weighted by molar-refractivity contribution is 5.32. The van der Waals surface area contributed by atoms with Gasteiger partial charge in [-0.2, -0.15) is 4.73 Å². The van der Waals surface area contributed by atoms with Gasteiger partial charge in [-0.05, 0) is 18.2 Å². The van der Waals surface area contributed by atoms with Gasteiger partial charge in [0.2, 0.25) is 0 Å². The standard InChI is InChI=1S/C10H11N3O2/c11-9-1-2-10(13(14)6-9)12-5-8-3-4-15-7-8/h1-4,6-7,14H,5,11H2. The zero-order chi connectivity index (χ0) is 10.7. The van der Waals surface area contributed by atoms with Crippen molar-refractivity contribution in [1.82, 2.24) is 4.73 Å². The number of furan rings is 1. The SMILES string of the molecule is Nc1ccc(=NCc2ccoc2)n(O)c1. The quantitative estimate of drug-likeness (QED) is 0.718. The Balaban J connectivity index is 2.26. The van der Waals surface area contributed by atoms with E-state index in [-0.39, 0.29) is 0 Å². The van der Waals surface area contributed by atoms with Crippen LogP contribution in [0.1, 0.15) is 5.56 Å². The van der Waals surface area contributed by atoms with Crippen molar-refractivity contribution < 1.29 is 9.62 Å². The molecular formula is C10H11N3O2. The largest absolute Gasteiger partial charge is 0.472 e. The van der Waals surface area contributed by atoms with E-state index in [1.807, 2.05) is 6.07 Å². The second kappa shape index (κ2) is 3.91. The third-order valence-electron chi connectivity index (χ3n) is 1.93. The van der Waals surface area contributed by atoms with E-state index < -0.39 is 0 Å². The molecule has 15 heavy (non-hydrogen) atoms. The fourth-order valence-electron chi connectivity index (χ4n) is 1.18. The van der Waals surface area contributed by atoms with Crippen LogP contribution in [0.15, 0.2) is 46.3 Å². The van der Waals surface area contributed by atoms with E-state index in [2.05, 4.69) is 4.99 Å². The van der Waals surface area contributed by atoms with E-state index in [4.69, 9.17) is 10.2 Å². The van der Waals surface area contributed by atoms with Gasteiger partial charge in [0.25, 0.3) is 0 Å². The maximum absolute atomic E-state index is 9.44. The van der Waals surface area contributed by atoms with Crippen molar-refractivity contribution in [3.63, 3.8) is 0 Å². The molecule has 0 aromatic carbocycles. The fourth-order valence-corrected chi connectivity index (χ4v) is 1.18. The molecule has 0 fully saturated rings. The highest BCUT2D eigenvalue weighted by atomic mass is 16.5. The molecule has 78 valence electrons. The number of pyridine rings is 1. The van der Waals surface area contributed by atoms with E-state index >= 15 is 0 Å². The summed E-state index contributed by atoms with van der Waals surface area (Å²) in [4.78, 5) is 4.19. The maximum atomic E-state index is 9.44. The Morgan fingerprint density at radius 1 is 1.40 bits per heavy atom. The molecule has 0 atom stereocenters. The number of nitrogens with two attached hydrogens (primary N) is 1. The van der Waals surface area contributed by atoms with Crippen molar-refractivity contribution >= 4 is 5.69 Å². The molecule has 2 heterocycles. The summed E-state index contributed by atoms with van der Waals surface area (Å²) in [5.41, 5.74) is 7.37. The molecule has 0 saturated heterocycles. The molecule has 2 aromatic rings. The Morgan fingerprint density at radius 3 is 2.93 bits per heavy atom. The molecule has 0 saturated carbocycles. The monoisotopic (exact) mass is 205 g/mol. The molecule has 2 rings (SSSR count). The van der Waals surface area contributed by atoms with Gasteiger partial charge >= 0.3 is 0 Å². The summed E-state index contributed by atoms with van der Waals surface area (Å²) in [5.74, 6) is 0. The van der Waals surface area contributed by atoms with E-state index in [0.717, 1.165) is 10.3 Å². The highest BCUT2D eigenvalue weighted by Crippen LogP contribution is 2.00. The van der Waals surface area contributed by atoms with Gasteiger partial charge in [0.15, 0.2) is 5.49 Å². The highest BCUT2D eigenvalue weighted by Gasteiger charge is 1.93. The second-order valence-corrected chi connectivity index (χ2v) is 3.11. The number of rotatable bonds is 2. The van der Waals surface area contributed by atoms with Crippen LogP contribution in [0.2, 0.25) is 0 Å². The maximum Gasteiger partial charge on any atom is 0.163 e. The van der Waals surface area contributed by atoms with Crippen LogP contribution in [-0.4, -0.2) is 9.94 Å². The lowest BCUT2D eigenvalue weighted by Crippen LogP contribution is -2.18. The summed E-state index contributed by atoms with van der Waals surface area (Å²) >= 11 is 0. The molecule has 5 heteroatoms. The normalized spacial score (nSPS) is 11.9. The van der Waals surface area contributed by atoms with Gasteiger partial charge in [-0.3, -0.25) is 4.99 Å². The lowest BCUT2D eigenvalue weighted by Gasteiger charge is -1.99. The van der Waals surface area contributed by atoms with Crippen LogP contribution in [0.25, 0.3) is 0 Å². The molecule has 0 aliphatic carbocycles. The fraction of sp³-hybridized carbons (Fsp3) is 0.100. The summed E-state index contributed by atoms with van der Waals surface area (Å²) in [5, 5.41) is 9.44. The first-order chi connectivity index (χ1) is 7.25. The Labute approximate surface area is 86.1 Å². The van der Waals surface area contributed by atoms with Crippen molar-refractivity contribution in [3.8, 4) is 0 Å². The summed E-state index contributed by atoms with van der Waals surface area (Å²) < 4.78 is 5.80. The van der Waals surface area contributed by atoms with Crippen LogP contribution in [0.4, 0.5) is 5.69 Å². The lowest BCUT2D eigenvalue weighted by molar-refractivity contribution is 0.172. The zero-order valence-electron chi connectivity index (χ0n) is 8.00. The molecular weight excluding hydrogens is 194 g/mol. The van der Waals surface area contributed by atoms with E-state index in [1.165, 1.54) is 6.20 Å². The van der Waals surface area contributed by atoms with Crippen LogP contribution < -0.4 is 11.2 Å². The van der Waals surface area contributed by atoms with E-state index in [1.54, 1.807) is 24.7 Å². The van der Waals surface area contributed by atoms with Crippen molar-refractivity contribution in [3.05, 3.63) is 48.0 Å². The van der Waals surface area contributed by atoms with E-state index in [9.17, 15) is 5.21 Å². The first kappa shape index (κ1) is 9.39. The Kier molecular flexibility index (Phi) is 2.45. The van der Waals surface area contributed by atoms with Gasteiger partial charge < -0.3 is 15.4 Å². The van der Waals surface area contributed by atoms with Crippen molar-refractivity contribution in [2.45, 2.75) is 6.54 Å². The zero-order valence-corrected chi connectivity index (χ0v) is 8.00. The van der Waals surface area contributed by atoms with Crippen LogP contribution in [0.3, 0.4) is 0 Å². The van der Waals surface area contributed by atoms with Crippen molar-refractivity contribution in [1.29, 1.82) is 0 Å². The third-order valence-corrected chi connectivity index (χ3v) is 1.93. The summed E-state index contributed by atoms with van der Waals surface area (Å²) in [7, 11) is 0. The van der Waals surface area contributed by atoms with Crippen LogP contribution in [-0.2, 0) is 6.54 Å². The molecule has 0 radical (unpaired) electrons. The van der Waals surface area contributed by atoms with Crippen LogP contribution in [0, 0.1) is 0 Å². The van der Waals surface area contributed by atoms with E-state index in [0.29, 0.717) is 17.7 Å². The Bertz CT molecular complexity index is 500. The molecule has 3 N–H and O–H groups in total. The van der Waals surface area contributed by atoms with Crippen molar-refractivity contribution in [2.75, 3.05) is 5.73 Å². The lowest BCUT2D eigenvalue weighted by atomic mass is 10.3. The molecule has 5 nitrogen and oxygen atoms in total. The van der Waals surface area contributed by atoms with Crippen LogP contribution in [0.5, 0.6) is 0 Å². The van der Waals surface area contributed by atoms with Gasteiger partial charge in [0.05, 0.1) is 31.0 Å². The van der Waals surface area contributed by atoms with Gasteiger partial charge in [-0.25, -0.2) is 0 Å². The van der Waals surface area contributed by atoms with Gasteiger partial charge in [-0.15, -0.1) is 0 Å². The first-order valence-corrected chi connectivity index (χ1v) is 4.45. The molecule has 0 amide bonds. The number of hydrogen-bond acceptors (Lipinski definition) is 4. The van der Waals surface area contributed by atoms with Gasteiger partial charge in [0.1, 0.15) is 0 Å². The van der Waals surface area contributed by atoms with Gasteiger partial charge in [0, 0.05) is 5.56 Å². The predicted molar refractivity (Wildman–Crippen MR) is 54.0 cm³/mol. The summed E-state index contributed by atoms with van der Waals surface area (Å²) in [6, 6.07) is 5.15. The first-order valence-electron chi connectivity index (χ1n) is 4.45. The minimum Gasteiger partial charge on any atom is -0.472 e. The Morgan fingerprint density at radius 2 is 2.27 bits per heavy atom. The van der Waals surface area contributed by atoms with Gasteiger partial charge in [-0.1, -0.05) is 0 Å². The average Bonchev–Trinajstić information content (AvgIpc) is 2.69.